The molecule has 0 fully saturated rings. The van der Waals surface area contributed by atoms with Crippen LogP contribution in [0, 0.1) is 13.8 Å². The number of nitrogens with one attached hydrogen (secondary N) is 3. The molecule has 0 unspecified atom stereocenters. The summed E-state index contributed by atoms with van der Waals surface area (Å²) in [7, 11) is 3.70. The van der Waals surface area contributed by atoms with Crippen molar-refractivity contribution in [2.45, 2.75) is 13.8 Å². The van der Waals surface area contributed by atoms with E-state index in [0.717, 1.165) is 39.0 Å². The Morgan fingerprint density at radius 1 is 1.14 bits per heavy atom. The molecule has 2 aromatic heterocycles. The molecular weight excluding hydrogens is 366 g/mol. The van der Waals surface area contributed by atoms with E-state index in [-0.39, 0.29) is 12.5 Å². The first-order valence-electron chi connectivity index (χ1n) is 9.33. The number of nitrogens with zero attached hydrogens (tertiary/aromatic N) is 4. The summed E-state index contributed by atoms with van der Waals surface area (Å²) in [5, 5.41) is 7.19. The summed E-state index contributed by atoms with van der Waals surface area (Å²) in [6, 6.07) is 9.79. The highest BCUT2D eigenvalue weighted by Crippen LogP contribution is 2.28. The van der Waals surface area contributed by atoms with Gasteiger partial charge >= 0.3 is 0 Å². The lowest BCUT2D eigenvalue weighted by Crippen LogP contribution is -2.27. The van der Waals surface area contributed by atoms with E-state index in [2.05, 4.69) is 30.6 Å². The molecule has 4 rings (SSSR count). The number of benzene rings is 2. The first-order chi connectivity index (χ1) is 13.9. The molecule has 2 heterocycles. The standard InChI is InChI=1S/C21H23N7O/c1-12-6-5-7-14-10-22-21(27-19(12)14)25-15-8-16-20(24-13(2)23-16)17(9-15)26-18(29)11-28(3)4/h5-10H,11H2,1-4H3,(H,23,24)(H,26,29)(H,22,25,27). The molecule has 1 amide bonds. The average Bonchev–Trinajstić information content (AvgIpc) is 3.02. The van der Waals surface area contributed by atoms with Gasteiger partial charge in [0.2, 0.25) is 11.9 Å². The summed E-state index contributed by atoms with van der Waals surface area (Å²) >= 11 is 0. The van der Waals surface area contributed by atoms with Gasteiger partial charge < -0.3 is 20.5 Å². The van der Waals surface area contributed by atoms with Crippen LogP contribution in [0.5, 0.6) is 0 Å². The van der Waals surface area contributed by atoms with Crippen LogP contribution in [0.4, 0.5) is 17.3 Å². The van der Waals surface area contributed by atoms with E-state index in [1.54, 1.807) is 6.20 Å². The number of hydrogen-bond acceptors (Lipinski definition) is 6. The fourth-order valence-electron chi connectivity index (χ4n) is 3.28. The number of fused-ring (bicyclic) bond motifs is 2. The van der Waals surface area contributed by atoms with Gasteiger partial charge in [-0.05, 0) is 45.6 Å². The van der Waals surface area contributed by atoms with E-state index in [0.29, 0.717) is 11.6 Å². The van der Waals surface area contributed by atoms with Crippen LogP contribution in [0.15, 0.2) is 36.5 Å². The maximum Gasteiger partial charge on any atom is 0.238 e. The molecule has 2 aromatic carbocycles. The highest BCUT2D eigenvalue weighted by Gasteiger charge is 2.13. The van der Waals surface area contributed by atoms with Crippen molar-refractivity contribution < 1.29 is 4.79 Å². The summed E-state index contributed by atoms with van der Waals surface area (Å²) < 4.78 is 0. The number of imidazole rings is 1. The smallest absolute Gasteiger partial charge is 0.238 e. The second-order valence-corrected chi connectivity index (χ2v) is 7.36. The summed E-state index contributed by atoms with van der Waals surface area (Å²) in [6.45, 7) is 4.19. The lowest BCUT2D eigenvalue weighted by molar-refractivity contribution is -0.116. The predicted octanol–water partition coefficient (Wildman–Crippen LogP) is 3.37. The molecule has 0 saturated carbocycles. The van der Waals surface area contributed by atoms with Gasteiger partial charge in [0.1, 0.15) is 11.3 Å². The van der Waals surface area contributed by atoms with E-state index in [1.165, 1.54) is 0 Å². The Morgan fingerprint density at radius 3 is 2.76 bits per heavy atom. The quantitative estimate of drug-likeness (QED) is 0.484. The van der Waals surface area contributed by atoms with Crippen molar-refractivity contribution in [2.75, 3.05) is 31.3 Å². The van der Waals surface area contributed by atoms with Crippen LogP contribution in [0.25, 0.3) is 21.9 Å². The highest BCUT2D eigenvalue weighted by atomic mass is 16.2. The van der Waals surface area contributed by atoms with Crippen molar-refractivity contribution in [2.24, 2.45) is 0 Å². The molecule has 8 nitrogen and oxygen atoms in total. The summed E-state index contributed by atoms with van der Waals surface area (Å²) in [5.41, 5.74) is 4.93. The maximum absolute atomic E-state index is 12.3. The summed E-state index contributed by atoms with van der Waals surface area (Å²) in [6.07, 6.45) is 1.80. The second-order valence-electron chi connectivity index (χ2n) is 7.36. The van der Waals surface area contributed by atoms with Crippen molar-refractivity contribution in [1.82, 2.24) is 24.8 Å². The molecule has 148 valence electrons. The van der Waals surface area contributed by atoms with Crippen molar-refractivity contribution in [3.8, 4) is 0 Å². The van der Waals surface area contributed by atoms with Gasteiger partial charge in [-0.1, -0.05) is 18.2 Å². The Morgan fingerprint density at radius 2 is 1.97 bits per heavy atom. The molecule has 4 aromatic rings. The van der Waals surface area contributed by atoms with Crippen LogP contribution in [-0.4, -0.2) is 51.4 Å². The van der Waals surface area contributed by atoms with Gasteiger partial charge in [-0.15, -0.1) is 0 Å². The topological polar surface area (TPSA) is 98.8 Å². The number of aryl methyl sites for hydroxylation is 2. The van der Waals surface area contributed by atoms with Crippen LogP contribution in [0.2, 0.25) is 0 Å². The second kappa shape index (κ2) is 7.48. The molecule has 3 N–H and O–H groups in total. The summed E-state index contributed by atoms with van der Waals surface area (Å²) in [4.78, 5) is 30.9. The molecule has 0 atom stereocenters. The Kier molecular flexibility index (Phi) is 4.85. The zero-order valence-electron chi connectivity index (χ0n) is 16.9. The number of anilines is 3. The molecule has 8 heteroatoms. The number of hydrogen-bond donors (Lipinski definition) is 3. The molecule has 0 aliphatic rings. The molecule has 0 spiro atoms. The molecule has 0 aliphatic carbocycles. The highest BCUT2D eigenvalue weighted by molar-refractivity contribution is 6.02. The van der Waals surface area contributed by atoms with E-state index in [1.807, 2.05) is 63.2 Å². The Labute approximate surface area is 168 Å². The number of H-pyrrole nitrogens is 1. The Hall–Kier alpha value is -3.52. The van der Waals surface area contributed by atoms with Crippen molar-refractivity contribution in [3.63, 3.8) is 0 Å². The normalized spacial score (nSPS) is 11.3. The lowest BCUT2D eigenvalue weighted by atomic mass is 10.1. The van der Waals surface area contributed by atoms with Crippen molar-refractivity contribution in [3.05, 3.63) is 47.9 Å². The fraction of sp³-hybridized carbons (Fsp3) is 0.238. The van der Waals surface area contributed by atoms with Crippen LogP contribution in [0.1, 0.15) is 11.4 Å². The Bertz CT molecular complexity index is 1210. The van der Waals surface area contributed by atoms with Crippen LogP contribution in [-0.2, 0) is 4.79 Å². The van der Waals surface area contributed by atoms with E-state index < -0.39 is 0 Å². The van der Waals surface area contributed by atoms with Crippen LogP contribution >= 0.6 is 0 Å². The van der Waals surface area contributed by atoms with Gasteiger partial charge in [-0.2, -0.15) is 0 Å². The number of likely N-dealkylation sites (N-methyl/N-ethyl adjacent to an activating group) is 1. The maximum atomic E-state index is 12.3. The van der Waals surface area contributed by atoms with Crippen molar-refractivity contribution >= 4 is 45.2 Å². The minimum absolute atomic E-state index is 0.105. The fourth-order valence-corrected chi connectivity index (χ4v) is 3.28. The number of aromatic amines is 1. The van der Waals surface area contributed by atoms with Crippen molar-refractivity contribution in [1.29, 1.82) is 0 Å². The zero-order chi connectivity index (χ0) is 20.5. The monoisotopic (exact) mass is 389 g/mol. The number of amides is 1. The SMILES string of the molecule is Cc1nc2c(NC(=O)CN(C)C)cc(Nc3ncc4cccc(C)c4n3)cc2[nH]1. The van der Waals surface area contributed by atoms with Crippen LogP contribution < -0.4 is 10.6 Å². The van der Waals surface area contributed by atoms with Crippen LogP contribution in [0.3, 0.4) is 0 Å². The minimum atomic E-state index is -0.105. The Balaban J connectivity index is 1.70. The van der Waals surface area contributed by atoms with Gasteiger partial charge in [0, 0.05) is 17.3 Å². The first-order valence-corrected chi connectivity index (χ1v) is 9.33. The average molecular weight is 389 g/mol. The number of para-hydroxylation sites is 1. The predicted molar refractivity (Wildman–Crippen MR) is 116 cm³/mol. The van der Waals surface area contributed by atoms with Gasteiger partial charge in [0.25, 0.3) is 0 Å². The van der Waals surface area contributed by atoms with E-state index >= 15 is 0 Å². The zero-order valence-corrected chi connectivity index (χ0v) is 16.9. The van der Waals surface area contributed by atoms with Gasteiger partial charge in [-0.25, -0.2) is 15.0 Å². The molecule has 0 aliphatic heterocycles. The molecule has 0 saturated heterocycles. The molecule has 0 radical (unpaired) electrons. The molecule has 0 bridgehead atoms. The minimum Gasteiger partial charge on any atom is -0.342 e. The molecule has 29 heavy (non-hydrogen) atoms. The third kappa shape index (κ3) is 4.02. The summed E-state index contributed by atoms with van der Waals surface area (Å²) in [5.74, 6) is 1.16. The van der Waals surface area contributed by atoms with Gasteiger partial charge in [0.05, 0.1) is 23.3 Å². The lowest BCUT2D eigenvalue weighted by Gasteiger charge is -2.12. The molecular formula is C21H23N7O. The van der Waals surface area contributed by atoms with E-state index in [4.69, 9.17) is 0 Å². The number of rotatable bonds is 5. The third-order valence-corrected chi connectivity index (χ3v) is 4.51. The van der Waals surface area contributed by atoms with Gasteiger partial charge in [0.15, 0.2) is 0 Å². The third-order valence-electron chi connectivity index (χ3n) is 4.51. The number of aromatic nitrogens is 4. The number of carbonyl (C=O) groups is 1. The number of carbonyl (C=O) groups excluding carboxylic acids is 1. The first kappa shape index (κ1) is 18.8. The largest absolute Gasteiger partial charge is 0.342 e. The van der Waals surface area contributed by atoms with E-state index in [9.17, 15) is 4.79 Å². The van der Waals surface area contributed by atoms with Gasteiger partial charge in [-0.3, -0.25) is 4.79 Å².